The van der Waals surface area contributed by atoms with E-state index >= 15 is 0 Å². The fourth-order valence-electron chi connectivity index (χ4n) is 2.50. The average molecular weight is 324 g/mol. The molecule has 0 aliphatic carbocycles. The summed E-state index contributed by atoms with van der Waals surface area (Å²) in [6.07, 6.45) is 2.64. The van der Waals surface area contributed by atoms with Gasteiger partial charge in [-0.05, 0) is 23.3 Å². The van der Waals surface area contributed by atoms with E-state index in [0.717, 1.165) is 5.56 Å². The van der Waals surface area contributed by atoms with Crippen molar-refractivity contribution in [3.05, 3.63) is 77.9 Å². The molecule has 0 fully saturated rings. The zero-order valence-corrected chi connectivity index (χ0v) is 13.7. The molecule has 0 amide bonds. The van der Waals surface area contributed by atoms with E-state index in [1.165, 1.54) is 0 Å². The quantitative estimate of drug-likeness (QED) is 0.757. The van der Waals surface area contributed by atoms with Crippen molar-refractivity contribution in [1.82, 2.24) is 9.55 Å². The number of nitrogens with zero attached hydrogens (tertiary/aromatic N) is 2. The Bertz CT molecular complexity index is 799. The molecule has 2 aromatic carbocycles. The van der Waals surface area contributed by atoms with Crippen LogP contribution >= 0.6 is 0 Å². The van der Waals surface area contributed by atoms with Gasteiger partial charge in [0.15, 0.2) is 11.5 Å². The van der Waals surface area contributed by atoms with E-state index in [-0.39, 0.29) is 0 Å². The third kappa shape index (κ3) is 3.41. The third-order valence-corrected chi connectivity index (χ3v) is 3.84. The van der Waals surface area contributed by atoms with Crippen molar-refractivity contribution in [2.75, 3.05) is 7.11 Å². The summed E-state index contributed by atoms with van der Waals surface area (Å²) in [6, 6.07) is 15.3. The van der Waals surface area contributed by atoms with Crippen molar-refractivity contribution in [3.63, 3.8) is 0 Å². The first-order chi connectivity index (χ1) is 11.7. The molecule has 124 valence electrons. The summed E-state index contributed by atoms with van der Waals surface area (Å²) in [5, 5.41) is 10.5. The van der Waals surface area contributed by atoms with Gasteiger partial charge < -0.3 is 19.1 Å². The maximum Gasteiger partial charge on any atom is 0.161 e. The van der Waals surface area contributed by atoms with E-state index in [1.807, 2.05) is 49.5 Å². The highest BCUT2D eigenvalue weighted by atomic mass is 16.5. The number of methoxy groups -OCH3 is 1. The lowest BCUT2D eigenvalue weighted by Gasteiger charge is -2.15. The SMILES string of the molecule is COc1cc([C@@H](O)c2nccn2C)ccc1OCc1ccccc1. The number of aliphatic hydroxyl groups is 1. The predicted octanol–water partition coefficient (Wildman–Crippen LogP) is 3.09. The number of rotatable bonds is 6. The zero-order chi connectivity index (χ0) is 16.9. The van der Waals surface area contributed by atoms with Crippen LogP contribution in [0.1, 0.15) is 23.1 Å². The summed E-state index contributed by atoms with van der Waals surface area (Å²) in [4.78, 5) is 4.19. The molecule has 24 heavy (non-hydrogen) atoms. The first kappa shape index (κ1) is 16.1. The first-order valence-corrected chi connectivity index (χ1v) is 7.69. The van der Waals surface area contributed by atoms with E-state index in [1.54, 1.807) is 30.1 Å². The molecule has 5 nitrogen and oxygen atoms in total. The lowest BCUT2D eigenvalue weighted by molar-refractivity contribution is 0.205. The van der Waals surface area contributed by atoms with Crippen LogP contribution in [0, 0.1) is 0 Å². The summed E-state index contributed by atoms with van der Waals surface area (Å²) in [5.41, 5.74) is 1.78. The Morgan fingerprint density at radius 2 is 1.92 bits per heavy atom. The smallest absolute Gasteiger partial charge is 0.161 e. The van der Waals surface area contributed by atoms with E-state index < -0.39 is 6.10 Å². The molecule has 0 saturated carbocycles. The second kappa shape index (κ2) is 7.19. The van der Waals surface area contributed by atoms with Gasteiger partial charge in [-0.15, -0.1) is 0 Å². The van der Waals surface area contributed by atoms with Crippen LogP contribution in [0.3, 0.4) is 0 Å². The van der Waals surface area contributed by atoms with Gasteiger partial charge in [-0.2, -0.15) is 0 Å². The van der Waals surface area contributed by atoms with E-state index in [0.29, 0.717) is 29.5 Å². The number of aromatic nitrogens is 2. The second-order valence-electron chi connectivity index (χ2n) is 5.48. The standard InChI is InChI=1S/C19H20N2O3/c1-21-11-10-20-19(21)18(22)15-8-9-16(17(12-15)23-2)24-13-14-6-4-3-5-7-14/h3-12,18,22H,13H2,1-2H3/t18-/m1/s1. The number of hydrogen-bond acceptors (Lipinski definition) is 4. The molecule has 5 heteroatoms. The molecule has 1 aromatic heterocycles. The lowest BCUT2D eigenvalue weighted by Crippen LogP contribution is -2.07. The molecule has 0 aliphatic heterocycles. The monoisotopic (exact) mass is 324 g/mol. The lowest BCUT2D eigenvalue weighted by atomic mass is 10.1. The Morgan fingerprint density at radius 3 is 2.58 bits per heavy atom. The van der Waals surface area contributed by atoms with Crippen molar-refractivity contribution in [3.8, 4) is 11.5 Å². The Hall–Kier alpha value is -2.79. The predicted molar refractivity (Wildman–Crippen MR) is 91.0 cm³/mol. The van der Waals surface area contributed by atoms with Gasteiger partial charge in [0.25, 0.3) is 0 Å². The van der Waals surface area contributed by atoms with Crippen LogP contribution in [0.5, 0.6) is 11.5 Å². The molecule has 3 rings (SSSR count). The third-order valence-electron chi connectivity index (χ3n) is 3.84. The Kier molecular flexibility index (Phi) is 4.82. The summed E-state index contributed by atoms with van der Waals surface area (Å²) >= 11 is 0. The highest BCUT2D eigenvalue weighted by Crippen LogP contribution is 2.32. The van der Waals surface area contributed by atoms with Gasteiger partial charge in [-0.3, -0.25) is 0 Å². The average Bonchev–Trinajstić information content (AvgIpc) is 3.06. The molecule has 0 saturated heterocycles. The van der Waals surface area contributed by atoms with Gasteiger partial charge >= 0.3 is 0 Å². The number of ether oxygens (including phenoxy) is 2. The van der Waals surface area contributed by atoms with Crippen molar-refractivity contribution in [2.24, 2.45) is 7.05 Å². The van der Waals surface area contributed by atoms with Crippen molar-refractivity contribution < 1.29 is 14.6 Å². The minimum Gasteiger partial charge on any atom is -0.493 e. The maximum atomic E-state index is 10.5. The van der Waals surface area contributed by atoms with Gasteiger partial charge in [0.2, 0.25) is 0 Å². The molecule has 0 bridgehead atoms. The molecular weight excluding hydrogens is 304 g/mol. The van der Waals surface area contributed by atoms with Crippen LogP contribution in [-0.4, -0.2) is 21.8 Å². The minimum absolute atomic E-state index is 0.457. The largest absolute Gasteiger partial charge is 0.493 e. The van der Waals surface area contributed by atoms with Crippen LogP contribution < -0.4 is 9.47 Å². The molecule has 1 heterocycles. The number of aliphatic hydroxyl groups excluding tert-OH is 1. The molecule has 1 N–H and O–H groups in total. The molecule has 0 unspecified atom stereocenters. The Morgan fingerprint density at radius 1 is 1.12 bits per heavy atom. The van der Waals surface area contributed by atoms with Crippen molar-refractivity contribution in [2.45, 2.75) is 12.7 Å². The van der Waals surface area contributed by atoms with Crippen LogP contribution in [-0.2, 0) is 13.7 Å². The maximum absolute atomic E-state index is 10.5. The molecular formula is C19H20N2O3. The second-order valence-corrected chi connectivity index (χ2v) is 5.48. The van der Waals surface area contributed by atoms with Crippen LogP contribution in [0.2, 0.25) is 0 Å². The van der Waals surface area contributed by atoms with Crippen molar-refractivity contribution >= 4 is 0 Å². The van der Waals surface area contributed by atoms with Crippen LogP contribution in [0.15, 0.2) is 60.9 Å². The molecule has 0 aliphatic rings. The summed E-state index contributed by atoms with van der Waals surface area (Å²) in [6.45, 7) is 0.457. The normalized spacial score (nSPS) is 12.0. The minimum atomic E-state index is -0.818. The number of imidazole rings is 1. The van der Waals surface area contributed by atoms with Gasteiger partial charge in [-0.1, -0.05) is 36.4 Å². The zero-order valence-electron chi connectivity index (χ0n) is 13.7. The fraction of sp³-hybridized carbons (Fsp3) is 0.211. The van der Waals surface area contributed by atoms with Gasteiger partial charge in [-0.25, -0.2) is 4.98 Å². The summed E-state index contributed by atoms with van der Waals surface area (Å²) in [7, 11) is 3.43. The molecule has 3 aromatic rings. The van der Waals surface area contributed by atoms with Gasteiger partial charge in [0, 0.05) is 19.4 Å². The van der Waals surface area contributed by atoms with Gasteiger partial charge in [0.1, 0.15) is 18.5 Å². The molecule has 0 spiro atoms. The number of hydrogen-bond donors (Lipinski definition) is 1. The van der Waals surface area contributed by atoms with E-state index in [2.05, 4.69) is 4.98 Å². The molecule has 1 atom stereocenters. The topological polar surface area (TPSA) is 56.5 Å². The Labute approximate surface area is 141 Å². The van der Waals surface area contributed by atoms with E-state index in [9.17, 15) is 5.11 Å². The number of aryl methyl sites for hydroxylation is 1. The van der Waals surface area contributed by atoms with Crippen LogP contribution in [0.25, 0.3) is 0 Å². The van der Waals surface area contributed by atoms with Gasteiger partial charge in [0.05, 0.1) is 7.11 Å². The Balaban J connectivity index is 1.79. The van der Waals surface area contributed by atoms with Crippen molar-refractivity contribution in [1.29, 1.82) is 0 Å². The van der Waals surface area contributed by atoms with Crippen LogP contribution in [0.4, 0.5) is 0 Å². The summed E-state index contributed by atoms with van der Waals surface area (Å²) < 4.78 is 13.0. The number of benzene rings is 2. The highest BCUT2D eigenvalue weighted by Gasteiger charge is 2.17. The first-order valence-electron chi connectivity index (χ1n) is 7.69. The molecule has 0 radical (unpaired) electrons. The van der Waals surface area contributed by atoms with E-state index in [4.69, 9.17) is 9.47 Å². The fourth-order valence-corrected chi connectivity index (χ4v) is 2.50. The summed E-state index contributed by atoms with van der Waals surface area (Å²) in [5.74, 6) is 1.80. The highest BCUT2D eigenvalue weighted by molar-refractivity contribution is 5.44.